The Balaban J connectivity index is 3.66. The van der Waals surface area contributed by atoms with E-state index in [2.05, 4.69) is 0 Å². The number of unbranched alkanes of at least 4 members (excludes halogenated alkanes) is 7. The molecule has 0 aromatic carbocycles. The number of esters is 1. The highest BCUT2D eigenvalue weighted by atomic mass is 16.5. The van der Waals surface area contributed by atoms with Crippen LogP contribution in [0.25, 0.3) is 0 Å². The van der Waals surface area contributed by atoms with E-state index in [9.17, 15) is 25.2 Å². The van der Waals surface area contributed by atoms with Gasteiger partial charge in [-0.1, -0.05) is 51.8 Å². The summed E-state index contributed by atoms with van der Waals surface area (Å²) in [4.78, 5) is 11.6. The van der Waals surface area contributed by atoms with Gasteiger partial charge in [-0.2, -0.15) is 0 Å². The fourth-order valence-corrected chi connectivity index (χ4v) is 2.24. The van der Waals surface area contributed by atoms with Crippen LogP contribution in [0.2, 0.25) is 0 Å². The quantitative estimate of drug-likeness (QED) is 0.215. The smallest absolute Gasteiger partial charge is 0.305 e. The maximum absolute atomic E-state index is 11.6. The van der Waals surface area contributed by atoms with Gasteiger partial charge >= 0.3 is 5.97 Å². The third-order valence-corrected chi connectivity index (χ3v) is 3.87. The van der Waals surface area contributed by atoms with Gasteiger partial charge in [-0.05, 0) is 6.42 Å². The second-order valence-corrected chi connectivity index (χ2v) is 6.06. The van der Waals surface area contributed by atoms with Gasteiger partial charge in [0.1, 0.15) is 31.0 Å². The molecule has 0 aliphatic rings. The lowest BCUT2D eigenvalue weighted by atomic mass is 10.0. The highest BCUT2D eigenvalue weighted by molar-refractivity contribution is 5.69. The molecule has 0 heterocycles. The normalized spacial score (nSPS) is 17.0. The lowest BCUT2D eigenvalue weighted by molar-refractivity contribution is -0.156. The molecular formula is C17H34O7. The molecule has 0 spiro atoms. The van der Waals surface area contributed by atoms with Gasteiger partial charge in [-0.15, -0.1) is 0 Å². The fourth-order valence-electron chi connectivity index (χ4n) is 2.24. The van der Waals surface area contributed by atoms with Gasteiger partial charge < -0.3 is 30.3 Å². The number of ether oxygens (including phenoxy) is 1. The SMILES string of the molecule is [2H]CCCCCCCCCCC(=O)OC[C@@H](O)[C@@H](O)[C@H](O)[C@@H](O)CO. The maximum atomic E-state index is 11.6. The molecule has 0 aromatic rings. The van der Waals surface area contributed by atoms with Crippen molar-refractivity contribution in [3.8, 4) is 0 Å². The number of rotatable bonds is 15. The van der Waals surface area contributed by atoms with Crippen LogP contribution in [0.4, 0.5) is 0 Å². The Kier molecular flexibility index (Phi) is 13.0. The van der Waals surface area contributed by atoms with Crippen molar-refractivity contribution in [2.24, 2.45) is 0 Å². The summed E-state index contributed by atoms with van der Waals surface area (Å²) in [5, 5.41) is 46.5. The number of hydrogen-bond acceptors (Lipinski definition) is 7. The lowest BCUT2D eigenvalue weighted by Gasteiger charge is -2.25. The second kappa shape index (κ2) is 14.6. The summed E-state index contributed by atoms with van der Waals surface area (Å²) < 4.78 is 11.9. The highest BCUT2D eigenvalue weighted by Crippen LogP contribution is 2.10. The molecule has 0 bridgehead atoms. The molecule has 0 rings (SSSR count). The Morgan fingerprint density at radius 2 is 1.46 bits per heavy atom. The molecule has 0 aliphatic carbocycles. The summed E-state index contributed by atoms with van der Waals surface area (Å²) >= 11 is 0. The molecule has 4 atom stereocenters. The fraction of sp³-hybridized carbons (Fsp3) is 0.941. The molecule has 24 heavy (non-hydrogen) atoms. The van der Waals surface area contributed by atoms with Crippen LogP contribution in [0.1, 0.15) is 66.1 Å². The first kappa shape index (κ1) is 21.3. The van der Waals surface area contributed by atoms with Crippen LogP contribution in [0.15, 0.2) is 0 Å². The molecule has 0 saturated heterocycles. The minimum Gasteiger partial charge on any atom is -0.463 e. The van der Waals surface area contributed by atoms with Crippen LogP contribution in [0.5, 0.6) is 0 Å². The molecule has 0 aliphatic heterocycles. The van der Waals surface area contributed by atoms with Crippen molar-refractivity contribution in [1.82, 2.24) is 0 Å². The lowest BCUT2D eigenvalue weighted by Crippen LogP contribution is -2.47. The number of aliphatic hydroxyl groups is 5. The summed E-state index contributed by atoms with van der Waals surface area (Å²) in [5.74, 6) is -0.487. The first-order valence-corrected chi connectivity index (χ1v) is 8.72. The first-order chi connectivity index (χ1) is 11.9. The Labute approximate surface area is 145 Å². The largest absolute Gasteiger partial charge is 0.463 e. The first-order valence-electron chi connectivity index (χ1n) is 9.42. The topological polar surface area (TPSA) is 127 Å². The van der Waals surface area contributed by atoms with Gasteiger partial charge in [0.2, 0.25) is 0 Å². The molecular weight excluding hydrogens is 316 g/mol. The van der Waals surface area contributed by atoms with Crippen molar-refractivity contribution in [3.63, 3.8) is 0 Å². The number of carbonyl (C=O) groups excluding carboxylic acids is 1. The Bertz CT molecular complexity index is 330. The van der Waals surface area contributed by atoms with E-state index in [1.54, 1.807) is 0 Å². The zero-order valence-electron chi connectivity index (χ0n) is 15.3. The van der Waals surface area contributed by atoms with Crippen molar-refractivity contribution in [2.75, 3.05) is 13.2 Å². The summed E-state index contributed by atoms with van der Waals surface area (Å²) in [7, 11) is 0. The predicted molar refractivity (Wildman–Crippen MR) is 89.3 cm³/mol. The van der Waals surface area contributed by atoms with Crippen LogP contribution in [-0.2, 0) is 9.53 Å². The maximum Gasteiger partial charge on any atom is 0.305 e. The molecule has 0 fully saturated rings. The van der Waals surface area contributed by atoms with Gasteiger partial charge in [0.15, 0.2) is 0 Å². The zero-order chi connectivity index (χ0) is 19.1. The van der Waals surface area contributed by atoms with Crippen LogP contribution < -0.4 is 0 Å². The van der Waals surface area contributed by atoms with Crippen LogP contribution in [-0.4, -0.2) is 69.1 Å². The van der Waals surface area contributed by atoms with E-state index in [4.69, 9.17) is 11.2 Å². The van der Waals surface area contributed by atoms with Crippen molar-refractivity contribution in [2.45, 2.75) is 89.1 Å². The van der Waals surface area contributed by atoms with Crippen molar-refractivity contribution >= 4 is 5.97 Å². The Hall–Kier alpha value is -0.730. The number of aliphatic hydroxyl groups excluding tert-OH is 5. The van der Waals surface area contributed by atoms with Gasteiger partial charge in [0, 0.05) is 7.79 Å². The van der Waals surface area contributed by atoms with E-state index in [0.29, 0.717) is 13.3 Å². The third-order valence-electron chi connectivity index (χ3n) is 3.87. The highest BCUT2D eigenvalue weighted by Gasteiger charge is 2.30. The average Bonchev–Trinajstić information content (AvgIpc) is 2.62. The minimum atomic E-state index is -1.72. The predicted octanol–water partition coefficient (Wildman–Crippen LogP) is 0.496. The third kappa shape index (κ3) is 10.9. The molecule has 0 unspecified atom stereocenters. The van der Waals surface area contributed by atoms with E-state index in [1.165, 1.54) is 0 Å². The van der Waals surface area contributed by atoms with Crippen molar-refractivity contribution in [1.29, 1.82) is 0 Å². The van der Waals surface area contributed by atoms with E-state index >= 15 is 0 Å². The minimum absolute atomic E-state index is 0.226. The molecule has 0 radical (unpaired) electrons. The summed E-state index contributed by atoms with van der Waals surface area (Å²) in [6.07, 6.45) is 1.80. The second-order valence-electron chi connectivity index (χ2n) is 6.06. The van der Waals surface area contributed by atoms with Crippen LogP contribution in [0.3, 0.4) is 0 Å². The van der Waals surface area contributed by atoms with Crippen molar-refractivity contribution in [3.05, 3.63) is 0 Å². The molecule has 144 valence electrons. The Morgan fingerprint density at radius 3 is 2.04 bits per heavy atom. The van der Waals surface area contributed by atoms with E-state index in [0.717, 1.165) is 44.9 Å². The zero-order valence-corrected chi connectivity index (χ0v) is 14.3. The van der Waals surface area contributed by atoms with E-state index < -0.39 is 43.6 Å². The number of hydrogen-bond donors (Lipinski definition) is 5. The molecule has 7 nitrogen and oxygen atoms in total. The summed E-state index contributed by atoms with van der Waals surface area (Å²) in [5.41, 5.74) is 0. The molecule has 0 amide bonds. The molecule has 7 heteroatoms. The van der Waals surface area contributed by atoms with Crippen LogP contribution >= 0.6 is 0 Å². The Morgan fingerprint density at radius 1 is 0.917 bits per heavy atom. The van der Waals surface area contributed by atoms with Gasteiger partial charge in [0.05, 0.1) is 6.61 Å². The van der Waals surface area contributed by atoms with Gasteiger partial charge in [-0.25, -0.2) is 0 Å². The standard InChI is InChI=1S/C17H34O7/c1-2-3-4-5-6-7-8-9-10-15(21)24-12-14(20)17(23)16(22)13(19)11-18/h13-14,16-20,22-23H,2-12H2,1H3/t13-,14+,16+,17+/m0/s1/i1D. The van der Waals surface area contributed by atoms with E-state index in [-0.39, 0.29) is 6.42 Å². The molecule has 0 aromatic heterocycles. The molecule has 5 N–H and O–H groups in total. The van der Waals surface area contributed by atoms with Crippen molar-refractivity contribution < 1.29 is 36.4 Å². The monoisotopic (exact) mass is 351 g/mol. The van der Waals surface area contributed by atoms with Gasteiger partial charge in [-0.3, -0.25) is 4.79 Å². The molecule has 0 saturated carbocycles. The summed E-state index contributed by atoms with van der Waals surface area (Å²) in [6, 6.07) is 0. The average molecular weight is 351 g/mol. The van der Waals surface area contributed by atoms with E-state index in [1.807, 2.05) is 0 Å². The van der Waals surface area contributed by atoms with Crippen LogP contribution in [0, 0.1) is 0 Å². The summed E-state index contributed by atoms with van der Waals surface area (Å²) in [6.45, 7) is -0.741. The van der Waals surface area contributed by atoms with Gasteiger partial charge in [0.25, 0.3) is 0 Å². The number of carbonyl (C=O) groups is 1.